The molecule has 1 aromatic carbocycles. The standard InChI is InChI=1S/C28H41N3OS/c1-27(2)13-14-28(3,4)22-17-19(9-10-21(22)27)23-18-33-26(30-23)29-20-11-15-31(16-12-20)24-7-5-6-8-25(24)32/h9-10,17-18,20,24-25,32H,5-8,11-16H2,1-4H3,(H,29,30). The van der Waals surface area contributed by atoms with Crippen molar-refractivity contribution < 1.29 is 5.11 Å². The second kappa shape index (κ2) is 8.98. The second-order valence-corrected chi connectivity index (χ2v) is 12.8. The predicted octanol–water partition coefficient (Wildman–Crippen LogP) is 6.34. The molecule has 33 heavy (non-hydrogen) atoms. The van der Waals surface area contributed by atoms with Crippen LogP contribution in [0.5, 0.6) is 0 Å². The molecule has 1 aliphatic heterocycles. The molecule has 2 heterocycles. The van der Waals surface area contributed by atoms with Crippen LogP contribution >= 0.6 is 11.3 Å². The van der Waals surface area contributed by atoms with Gasteiger partial charge in [0, 0.05) is 36.1 Å². The molecule has 2 fully saturated rings. The van der Waals surface area contributed by atoms with E-state index in [2.05, 4.69) is 61.5 Å². The lowest BCUT2D eigenvalue weighted by molar-refractivity contribution is 0.00994. The van der Waals surface area contributed by atoms with Crippen LogP contribution in [-0.4, -0.2) is 46.3 Å². The molecule has 0 spiro atoms. The number of likely N-dealkylation sites (tertiary alicyclic amines) is 1. The first-order valence-electron chi connectivity index (χ1n) is 13.0. The van der Waals surface area contributed by atoms with Crippen LogP contribution in [0.4, 0.5) is 5.13 Å². The van der Waals surface area contributed by atoms with Crippen LogP contribution < -0.4 is 5.32 Å². The van der Waals surface area contributed by atoms with Gasteiger partial charge in [-0.15, -0.1) is 11.3 Å². The van der Waals surface area contributed by atoms with Gasteiger partial charge in [-0.1, -0.05) is 52.7 Å². The lowest BCUT2D eigenvalue weighted by atomic mass is 9.63. The van der Waals surface area contributed by atoms with Crippen molar-refractivity contribution in [2.75, 3.05) is 18.4 Å². The number of aliphatic hydroxyl groups excluding tert-OH is 1. The number of hydrogen-bond donors (Lipinski definition) is 2. The molecule has 5 heteroatoms. The quantitative estimate of drug-likeness (QED) is 0.551. The van der Waals surface area contributed by atoms with Gasteiger partial charge in [0.15, 0.2) is 5.13 Å². The van der Waals surface area contributed by atoms with E-state index in [1.807, 2.05) is 0 Å². The maximum atomic E-state index is 10.4. The number of nitrogens with one attached hydrogen (secondary N) is 1. The molecule has 1 saturated carbocycles. The van der Waals surface area contributed by atoms with E-state index in [4.69, 9.17) is 4.98 Å². The summed E-state index contributed by atoms with van der Waals surface area (Å²) < 4.78 is 0. The highest BCUT2D eigenvalue weighted by molar-refractivity contribution is 7.14. The fraction of sp³-hybridized carbons (Fsp3) is 0.679. The normalized spacial score (nSPS) is 27.8. The third kappa shape index (κ3) is 4.74. The summed E-state index contributed by atoms with van der Waals surface area (Å²) in [6.07, 6.45) is 9.18. The van der Waals surface area contributed by atoms with Crippen molar-refractivity contribution in [1.29, 1.82) is 0 Å². The Morgan fingerprint density at radius 1 is 0.970 bits per heavy atom. The lowest BCUT2D eigenvalue weighted by Gasteiger charge is -2.42. The number of rotatable bonds is 4. The summed E-state index contributed by atoms with van der Waals surface area (Å²) in [5, 5.41) is 17.4. The van der Waals surface area contributed by atoms with Crippen molar-refractivity contribution in [3.63, 3.8) is 0 Å². The number of aliphatic hydroxyl groups is 1. The Morgan fingerprint density at radius 2 is 1.67 bits per heavy atom. The molecule has 0 radical (unpaired) electrons. The minimum Gasteiger partial charge on any atom is -0.391 e. The second-order valence-electron chi connectivity index (χ2n) is 11.9. The van der Waals surface area contributed by atoms with Gasteiger partial charge in [0.05, 0.1) is 11.8 Å². The summed E-state index contributed by atoms with van der Waals surface area (Å²) in [6.45, 7) is 11.7. The number of nitrogens with zero attached hydrogens (tertiary/aromatic N) is 2. The van der Waals surface area contributed by atoms with Crippen LogP contribution in [0, 0.1) is 0 Å². The zero-order valence-electron chi connectivity index (χ0n) is 20.9. The molecule has 2 aromatic rings. The molecule has 0 amide bonds. The Balaban J connectivity index is 1.24. The average molecular weight is 468 g/mol. The zero-order valence-corrected chi connectivity index (χ0v) is 21.7. The van der Waals surface area contributed by atoms with Gasteiger partial charge in [0.2, 0.25) is 0 Å². The highest BCUT2D eigenvalue weighted by Gasteiger charge is 2.37. The van der Waals surface area contributed by atoms with Crippen molar-refractivity contribution in [3.8, 4) is 11.3 Å². The van der Waals surface area contributed by atoms with Crippen LogP contribution in [-0.2, 0) is 10.8 Å². The molecular formula is C28H41N3OS. The maximum Gasteiger partial charge on any atom is 0.183 e. The Bertz CT molecular complexity index is 973. The first kappa shape index (κ1) is 23.3. The van der Waals surface area contributed by atoms with Gasteiger partial charge in [-0.3, -0.25) is 4.90 Å². The predicted molar refractivity (Wildman–Crippen MR) is 139 cm³/mol. The fourth-order valence-corrected chi connectivity index (χ4v) is 7.09. The van der Waals surface area contributed by atoms with Crippen LogP contribution in [0.15, 0.2) is 23.6 Å². The topological polar surface area (TPSA) is 48.4 Å². The molecular weight excluding hydrogens is 426 g/mol. The van der Waals surface area contributed by atoms with Crippen molar-refractivity contribution >= 4 is 16.5 Å². The summed E-state index contributed by atoms with van der Waals surface area (Å²) in [7, 11) is 0. The number of hydrogen-bond acceptors (Lipinski definition) is 5. The van der Waals surface area contributed by atoms with Crippen molar-refractivity contribution in [1.82, 2.24) is 9.88 Å². The van der Waals surface area contributed by atoms with Gasteiger partial charge in [0.25, 0.3) is 0 Å². The number of piperidine rings is 1. The van der Waals surface area contributed by atoms with E-state index in [1.54, 1.807) is 11.3 Å². The first-order valence-corrected chi connectivity index (χ1v) is 13.9. The summed E-state index contributed by atoms with van der Waals surface area (Å²) >= 11 is 1.73. The molecule has 2 unspecified atom stereocenters. The Hall–Kier alpha value is -1.43. The number of aromatic nitrogens is 1. The van der Waals surface area contributed by atoms with Gasteiger partial charge < -0.3 is 10.4 Å². The van der Waals surface area contributed by atoms with Crippen molar-refractivity contribution in [2.45, 2.75) is 108 Å². The van der Waals surface area contributed by atoms with Gasteiger partial charge >= 0.3 is 0 Å². The number of benzene rings is 1. The first-order chi connectivity index (χ1) is 15.7. The molecule has 1 saturated heterocycles. The van der Waals surface area contributed by atoms with Crippen LogP contribution in [0.3, 0.4) is 0 Å². The Kier molecular flexibility index (Phi) is 6.34. The summed E-state index contributed by atoms with van der Waals surface area (Å²) in [5.41, 5.74) is 5.80. The van der Waals surface area contributed by atoms with Crippen molar-refractivity contribution in [3.05, 3.63) is 34.7 Å². The number of anilines is 1. The molecule has 1 aromatic heterocycles. The van der Waals surface area contributed by atoms with E-state index < -0.39 is 0 Å². The molecule has 5 rings (SSSR count). The highest BCUT2D eigenvalue weighted by atomic mass is 32.1. The number of thiazole rings is 1. The minimum absolute atomic E-state index is 0.128. The average Bonchev–Trinajstić information content (AvgIpc) is 3.26. The third-order valence-electron chi connectivity index (χ3n) is 8.67. The maximum absolute atomic E-state index is 10.4. The molecule has 180 valence electrons. The largest absolute Gasteiger partial charge is 0.391 e. The van der Waals surface area contributed by atoms with Crippen LogP contribution in [0.25, 0.3) is 11.3 Å². The lowest BCUT2D eigenvalue weighted by Crippen LogP contribution is -2.50. The van der Waals surface area contributed by atoms with E-state index >= 15 is 0 Å². The smallest absolute Gasteiger partial charge is 0.183 e. The van der Waals surface area contributed by atoms with Gasteiger partial charge in [-0.05, 0) is 66.5 Å². The van der Waals surface area contributed by atoms with E-state index in [9.17, 15) is 5.11 Å². The van der Waals surface area contributed by atoms with Gasteiger partial charge in [0.1, 0.15) is 0 Å². The molecule has 4 nitrogen and oxygen atoms in total. The molecule has 3 aliphatic rings. The highest BCUT2D eigenvalue weighted by Crippen LogP contribution is 2.46. The summed E-state index contributed by atoms with van der Waals surface area (Å²) in [5.74, 6) is 0. The van der Waals surface area contributed by atoms with E-state index in [0.29, 0.717) is 12.1 Å². The van der Waals surface area contributed by atoms with Crippen LogP contribution in [0.2, 0.25) is 0 Å². The van der Waals surface area contributed by atoms with Crippen molar-refractivity contribution in [2.24, 2.45) is 0 Å². The van der Waals surface area contributed by atoms with Gasteiger partial charge in [-0.2, -0.15) is 0 Å². The van der Waals surface area contributed by atoms with E-state index in [1.165, 1.54) is 42.4 Å². The van der Waals surface area contributed by atoms with Crippen LogP contribution in [0.1, 0.15) is 90.2 Å². The SMILES string of the molecule is CC1(C)CCC(C)(C)c2cc(-c3csc(NC4CCN(C5CCCCC5O)CC4)n3)ccc21. The minimum atomic E-state index is -0.128. The summed E-state index contributed by atoms with van der Waals surface area (Å²) in [4.78, 5) is 7.52. The fourth-order valence-electron chi connectivity index (χ4n) is 6.29. The molecule has 2 N–H and O–H groups in total. The summed E-state index contributed by atoms with van der Waals surface area (Å²) in [6, 6.07) is 7.89. The van der Waals surface area contributed by atoms with E-state index in [-0.39, 0.29) is 16.9 Å². The number of fused-ring (bicyclic) bond motifs is 1. The zero-order chi connectivity index (χ0) is 23.2. The van der Waals surface area contributed by atoms with Gasteiger partial charge in [-0.25, -0.2) is 4.98 Å². The molecule has 0 bridgehead atoms. The van der Waals surface area contributed by atoms with E-state index in [0.717, 1.165) is 49.6 Å². The molecule has 2 atom stereocenters. The Labute approximate surface area is 203 Å². The Morgan fingerprint density at radius 3 is 2.39 bits per heavy atom. The third-order valence-corrected chi connectivity index (χ3v) is 9.45. The monoisotopic (exact) mass is 467 g/mol. The molecule has 2 aliphatic carbocycles.